The molecule has 2 N–H and O–H groups in total. The van der Waals surface area contributed by atoms with Crippen LogP contribution in [-0.4, -0.2) is 25.3 Å². The van der Waals surface area contributed by atoms with Crippen molar-refractivity contribution in [2.45, 2.75) is 6.92 Å². The van der Waals surface area contributed by atoms with Gasteiger partial charge in [0, 0.05) is 19.3 Å². The van der Waals surface area contributed by atoms with Gasteiger partial charge in [0.25, 0.3) is 0 Å². The fourth-order valence-electron chi connectivity index (χ4n) is 1.05. The van der Waals surface area contributed by atoms with Gasteiger partial charge in [-0.2, -0.15) is 4.98 Å². The van der Waals surface area contributed by atoms with Gasteiger partial charge in [-0.3, -0.25) is 15.1 Å². The topological polar surface area (TPSA) is 92.2 Å². The first-order valence-electron chi connectivity index (χ1n) is 3.88. The van der Waals surface area contributed by atoms with Crippen LogP contribution in [0.15, 0.2) is 17.2 Å². The van der Waals surface area contributed by atoms with E-state index in [2.05, 4.69) is 20.3 Å². The molecular formula is C7H7N5O2. The summed E-state index contributed by atoms with van der Waals surface area (Å²) in [5, 5.41) is 2.37. The van der Waals surface area contributed by atoms with Crippen LogP contribution >= 0.6 is 0 Å². The SMILES string of the molecule is CC(=O)Nc1nc2nccn2c(=O)[nH]1. The normalized spacial score (nSPS) is 10.4. The standard InChI is InChI=1S/C7H7N5O2/c1-4(13)9-5-10-6-8-2-3-12(6)7(14)11-5/h2-3H,1H3,(H2,8,9,10,11,13,14). The van der Waals surface area contributed by atoms with Gasteiger partial charge in [-0.15, -0.1) is 0 Å². The predicted molar refractivity (Wildman–Crippen MR) is 47.9 cm³/mol. The number of aromatic amines is 1. The molecule has 0 radical (unpaired) electrons. The maximum atomic E-state index is 11.3. The lowest BCUT2D eigenvalue weighted by Crippen LogP contribution is -2.21. The molecular weight excluding hydrogens is 186 g/mol. The molecule has 14 heavy (non-hydrogen) atoms. The molecule has 7 nitrogen and oxygen atoms in total. The first-order valence-corrected chi connectivity index (χ1v) is 3.88. The van der Waals surface area contributed by atoms with Crippen LogP contribution in [-0.2, 0) is 4.79 Å². The van der Waals surface area contributed by atoms with E-state index < -0.39 is 5.69 Å². The molecule has 0 atom stereocenters. The number of fused-ring (bicyclic) bond motifs is 1. The highest BCUT2D eigenvalue weighted by molar-refractivity contribution is 5.86. The molecule has 72 valence electrons. The van der Waals surface area contributed by atoms with Gasteiger partial charge < -0.3 is 0 Å². The Morgan fingerprint density at radius 1 is 1.64 bits per heavy atom. The van der Waals surface area contributed by atoms with Gasteiger partial charge >= 0.3 is 5.69 Å². The van der Waals surface area contributed by atoms with E-state index >= 15 is 0 Å². The average Bonchev–Trinajstić information content (AvgIpc) is 2.50. The third-order valence-electron chi connectivity index (χ3n) is 1.57. The Balaban J connectivity index is 2.58. The molecule has 2 rings (SSSR count). The van der Waals surface area contributed by atoms with Gasteiger partial charge in [0.05, 0.1) is 0 Å². The van der Waals surface area contributed by atoms with Crippen LogP contribution in [0.3, 0.4) is 0 Å². The summed E-state index contributed by atoms with van der Waals surface area (Å²) in [5.74, 6) is 0.0442. The first-order chi connectivity index (χ1) is 6.66. The lowest BCUT2D eigenvalue weighted by molar-refractivity contribution is -0.114. The molecule has 2 aromatic heterocycles. The van der Waals surface area contributed by atoms with E-state index in [9.17, 15) is 9.59 Å². The number of hydrogen-bond acceptors (Lipinski definition) is 4. The molecule has 0 aromatic carbocycles. The molecule has 0 saturated carbocycles. The fraction of sp³-hybridized carbons (Fsp3) is 0.143. The van der Waals surface area contributed by atoms with Crippen molar-refractivity contribution in [3.63, 3.8) is 0 Å². The van der Waals surface area contributed by atoms with Crippen molar-refractivity contribution in [1.29, 1.82) is 0 Å². The van der Waals surface area contributed by atoms with Crippen LogP contribution in [0.25, 0.3) is 5.78 Å². The molecule has 1 amide bonds. The van der Waals surface area contributed by atoms with E-state index in [-0.39, 0.29) is 17.6 Å². The van der Waals surface area contributed by atoms with Crippen LogP contribution in [0, 0.1) is 0 Å². The van der Waals surface area contributed by atoms with Crippen molar-refractivity contribution >= 4 is 17.6 Å². The summed E-state index contributed by atoms with van der Waals surface area (Å²) in [6, 6.07) is 0. The number of nitrogens with zero attached hydrogens (tertiary/aromatic N) is 3. The molecule has 0 unspecified atom stereocenters. The molecule has 0 aliphatic heterocycles. The van der Waals surface area contributed by atoms with Crippen molar-refractivity contribution in [3.8, 4) is 0 Å². The molecule has 7 heteroatoms. The molecule has 0 aliphatic carbocycles. The zero-order valence-corrected chi connectivity index (χ0v) is 7.31. The Labute approximate surface area is 77.8 Å². The number of hydrogen-bond donors (Lipinski definition) is 2. The molecule has 0 aliphatic rings. The number of aromatic nitrogens is 4. The molecule has 2 heterocycles. The fourth-order valence-corrected chi connectivity index (χ4v) is 1.05. The van der Waals surface area contributed by atoms with E-state index in [4.69, 9.17) is 0 Å². The van der Waals surface area contributed by atoms with Gasteiger partial charge in [-0.25, -0.2) is 14.2 Å². The average molecular weight is 193 g/mol. The van der Waals surface area contributed by atoms with Crippen LogP contribution in [0.2, 0.25) is 0 Å². The van der Waals surface area contributed by atoms with Crippen molar-refractivity contribution in [2.24, 2.45) is 0 Å². The summed E-state index contributed by atoms with van der Waals surface area (Å²) in [5.41, 5.74) is -0.392. The summed E-state index contributed by atoms with van der Waals surface area (Å²) in [6.07, 6.45) is 2.94. The largest absolute Gasteiger partial charge is 0.335 e. The Morgan fingerprint density at radius 3 is 3.14 bits per heavy atom. The van der Waals surface area contributed by atoms with Gasteiger partial charge in [-0.05, 0) is 0 Å². The molecule has 0 fully saturated rings. The third kappa shape index (κ3) is 1.35. The highest BCUT2D eigenvalue weighted by Gasteiger charge is 2.03. The maximum Gasteiger partial charge on any atom is 0.335 e. The molecule has 0 spiro atoms. The number of anilines is 1. The van der Waals surface area contributed by atoms with Gasteiger partial charge in [0.1, 0.15) is 0 Å². The number of amides is 1. The summed E-state index contributed by atoms with van der Waals surface area (Å²) >= 11 is 0. The summed E-state index contributed by atoms with van der Waals surface area (Å²) < 4.78 is 1.24. The van der Waals surface area contributed by atoms with Crippen molar-refractivity contribution < 1.29 is 4.79 Å². The quantitative estimate of drug-likeness (QED) is 0.631. The van der Waals surface area contributed by atoms with Gasteiger partial charge in [0.15, 0.2) is 0 Å². The summed E-state index contributed by atoms with van der Waals surface area (Å²) in [6.45, 7) is 1.33. The lowest BCUT2D eigenvalue weighted by Gasteiger charge is -1.99. The minimum absolute atomic E-state index is 0.0983. The first kappa shape index (κ1) is 8.42. The van der Waals surface area contributed by atoms with Crippen LogP contribution in [0.1, 0.15) is 6.92 Å². The lowest BCUT2D eigenvalue weighted by atomic mass is 10.7. The van der Waals surface area contributed by atoms with Crippen LogP contribution in [0.4, 0.5) is 5.95 Å². The number of nitrogens with one attached hydrogen (secondary N) is 2. The second-order valence-electron chi connectivity index (χ2n) is 2.67. The van der Waals surface area contributed by atoms with E-state index in [1.165, 1.54) is 23.7 Å². The Morgan fingerprint density at radius 2 is 2.43 bits per heavy atom. The van der Waals surface area contributed by atoms with Crippen molar-refractivity contribution in [1.82, 2.24) is 19.4 Å². The predicted octanol–water partition coefficient (Wildman–Crippen LogP) is -0.624. The van der Waals surface area contributed by atoms with Gasteiger partial charge in [0.2, 0.25) is 17.6 Å². The number of carbonyl (C=O) groups excluding carboxylic acids is 1. The minimum atomic E-state index is -0.392. The Hall–Kier alpha value is -2.18. The molecule has 0 saturated heterocycles. The van der Waals surface area contributed by atoms with Gasteiger partial charge in [-0.1, -0.05) is 0 Å². The minimum Gasteiger partial charge on any atom is -0.296 e. The zero-order chi connectivity index (χ0) is 10.1. The highest BCUT2D eigenvalue weighted by atomic mass is 16.2. The van der Waals surface area contributed by atoms with E-state index in [1.54, 1.807) is 0 Å². The number of carbonyl (C=O) groups is 1. The number of rotatable bonds is 1. The second-order valence-corrected chi connectivity index (χ2v) is 2.67. The number of imidazole rings is 1. The third-order valence-corrected chi connectivity index (χ3v) is 1.57. The second kappa shape index (κ2) is 2.95. The smallest absolute Gasteiger partial charge is 0.296 e. The summed E-state index contributed by atoms with van der Waals surface area (Å²) in [7, 11) is 0. The Kier molecular flexibility index (Phi) is 1.77. The van der Waals surface area contributed by atoms with Crippen LogP contribution < -0.4 is 11.0 Å². The van der Waals surface area contributed by atoms with Crippen molar-refractivity contribution in [2.75, 3.05) is 5.32 Å². The molecule has 2 aromatic rings. The van der Waals surface area contributed by atoms with E-state index in [0.29, 0.717) is 0 Å². The molecule has 0 bridgehead atoms. The van der Waals surface area contributed by atoms with Crippen LogP contribution in [0.5, 0.6) is 0 Å². The summed E-state index contributed by atoms with van der Waals surface area (Å²) in [4.78, 5) is 32.1. The number of H-pyrrole nitrogens is 1. The Bertz CT molecular complexity index is 540. The van der Waals surface area contributed by atoms with Crippen molar-refractivity contribution in [3.05, 3.63) is 22.9 Å². The van der Waals surface area contributed by atoms with E-state index in [1.807, 2.05) is 0 Å². The highest BCUT2D eigenvalue weighted by Crippen LogP contribution is 1.96. The monoisotopic (exact) mass is 193 g/mol. The zero-order valence-electron chi connectivity index (χ0n) is 7.31. The maximum absolute atomic E-state index is 11.3. The van der Waals surface area contributed by atoms with E-state index in [0.717, 1.165) is 0 Å².